The molecule has 1 aliphatic rings. The van der Waals surface area contributed by atoms with Gasteiger partial charge in [0.1, 0.15) is 5.82 Å². The summed E-state index contributed by atoms with van der Waals surface area (Å²) >= 11 is 0. The normalized spacial score (nSPS) is 12.7. The van der Waals surface area contributed by atoms with Crippen molar-refractivity contribution in [1.82, 2.24) is 4.98 Å². The molecule has 0 saturated heterocycles. The first kappa shape index (κ1) is 16.3. The number of nitrogens with zero attached hydrogens (tertiary/aromatic N) is 2. The van der Waals surface area contributed by atoms with E-state index in [2.05, 4.69) is 10.3 Å². The van der Waals surface area contributed by atoms with Crippen molar-refractivity contribution < 1.29 is 9.18 Å². The Hall–Kier alpha value is -3.21. The van der Waals surface area contributed by atoms with Crippen LogP contribution in [0.3, 0.4) is 0 Å². The highest BCUT2D eigenvalue weighted by molar-refractivity contribution is 6.07. The molecule has 0 radical (unpaired) electrons. The molecule has 1 amide bonds. The molecule has 5 heteroatoms. The lowest BCUT2D eigenvalue weighted by atomic mass is 10.1. The van der Waals surface area contributed by atoms with Crippen LogP contribution in [0.1, 0.15) is 21.5 Å². The number of halogens is 1. The van der Waals surface area contributed by atoms with Crippen LogP contribution in [0.4, 0.5) is 15.8 Å². The number of amides is 1. The lowest BCUT2D eigenvalue weighted by Crippen LogP contribution is -2.29. The standard InChI is InChI=1S/C21H18FN3O/c22-19-7-3-1-6-16(19)13-24-18-11-17(12-23-14-18)21(26)25-10-9-15-5-2-4-8-20(15)25/h1-8,11-12,14,24H,9-10,13H2. The van der Waals surface area contributed by atoms with Crippen LogP contribution >= 0.6 is 0 Å². The van der Waals surface area contributed by atoms with E-state index < -0.39 is 0 Å². The zero-order chi connectivity index (χ0) is 17.9. The molecule has 1 aromatic heterocycles. The lowest BCUT2D eigenvalue weighted by molar-refractivity contribution is 0.0989. The zero-order valence-corrected chi connectivity index (χ0v) is 14.2. The molecule has 0 aliphatic carbocycles. The molecule has 1 N–H and O–H groups in total. The Bertz CT molecular complexity index is 957. The van der Waals surface area contributed by atoms with Gasteiger partial charge in [0.15, 0.2) is 0 Å². The predicted molar refractivity (Wildman–Crippen MR) is 99.8 cm³/mol. The average Bonchev–Trinajstić information content (AvgIpc) is 3.11. The molecule has 0 bridgehead atoms. The molecule has 0 fully saturated rings. The van der Waals surface area contributed by atoms with Gasteiger partial charge in [-0.25, -0.2) is 4.39 Å². The molecule has 2 aromatic carbocycles. The van der Waals surface area contributed by atoms with Crippen LogP contribution in [0, 0.1) is 5.82 Å². The topological polar surface area (TPSA) is 45.2 Å². The highest BCUT2D eigenvalue weighted by Crippen LogP contribution is 2.29. The number of hydrogen-bond acceptors (Lipinski definition) is 3. The van der Waals surface area contributed by atoms with Crippen LogP contribution in [0.15, 0.2) is 67.0 Å². The number of rotatable bonds is 4. The molecule has 3 aromatic rings. The fourth-order valence-electron chi connectivity index (χ4n) is 3.20. The van der Waals surface area contributed by atoms with Crippen molar-refractivity contribution in [3.05, 3.63) is 89.5 Å². The van der Waals surface area contributed by atoms with Gasteiger partial charge in [0.2, 0.25) is 0 Å². The zero-order valence-electron chi connectivity index (χ0n) is 14.2. The van der Waals surface area contributed by atoms with Gasteiger partial charge >= 0.3 is 0 Å². The van der Waals surface area contributed by atoms with Gasteiger partial charge in [-0.05, 0) is 30.2 Å². The third kappa shape index (κ3) is 3.16. The van der Waals surface area contributed by atoms with Crippen molar-refractivity contribution in [2.24, 2.45) is 0 Å². The Kier molecular flexibility index (Phi) is 4.35. The Morgan fingerprint density at radius 2 is 1.92 bits per heavy atom. The Morgan fingerprint density at radius 1 is 1.12 bits per heavy atom. The summed E-state index contributed by atoms with van der Waals surface area (Å²) < 4.78 is 13.7. The molecule has 4 nitrogen and oxygen atoms in total. The average molecular weight is 347 g/mol. The summed E-state index contributed by atoms with van der Waals surface area (Å²) in [5, 5.41) is 3.13. The van der Waals surface area contributed by atoms with Gasteiger partial charge in [0.05, 0.1) is 11.3 Å². The number of anilines is 2. The van der Waals surface area contributed by atoms with E-state index in [1.807, 2.05) is 24.3 Å². The molecular weight excluding hydrogens is 329 g/mol. The van der Waals surface area contributed by atoms with E-state index in [-0.39, 0.29) is 11.7 Å². The minimum Gasteiger partial charge on any atom is -0.380 e. The predicted octanol–water partition coefficient (Wildman–Crippen LogP) is 4.04. The van der Waals surface area contributed by atoms with Gasteiger partial charge in [-0.15, -0.1) is 0 Å². The molecule has 26 heavy (non-hydrogen) atoms. The maximum Gasteiger partial charge on any atom is 0.259 e. The van der Waals surface area contributed by atoms with E-state index in [0.717, 1.165) is 12.1 Å². The van der Waals surface area contributed by atoms with Crippen LogP contribution in [0.25, 0.3) is 0 Å². The minimum absolute atomic E-state index is 0.0722. The van der Waals surface area contributed by atoms with Gasteiger partial charge < -0.3 is 10.2 Å². The van der Waals surface area contributed by atoms with Crippen molar-refractivity contribution in [3.8, 4) is 0 Å². The monoisotopic (exact) mass is 347 g/mol. The molecule has 0 spiro atoms. The summed E-state index contributed by atoms with van der Waals surface area (Å²) in [4.78, 5) is 18.8. The van der Waals surface area contributed by atoms with E-state index in [4.69, 9.17) is 0 Å². The fraction of sp³-hybridized carbons (Fsp3) is 0.143. The minimum atomic E-state index is -0.256. The van der Waals surface area contributed by atoms with Crippen molar-refractivity contribution >= 4 is 17.3 Å². The number of fused-ring (bicyclic) bond motifs is 1. The van der Waals surface area contributed by atoms with Crippen LogP contribution < -0.4 is 10.2 Å². The van der Waals surface area contributed by atoms with Crippen molar-refractivity contribution in [3.63, 3.8) is 0 Å². The van der Waals surface area contributed by atoms with Crippen molar-refractivity contribution in [2.75, 3.05) is 16.8 Å². The molecule has 0 saturated carbocycles. The lowest BCUT2D eigenvalue weighted by Gasteiger charge is -2.17. The second-order valence-corrected chi connectivity index (χ2v) is 6.24. The molecule has 130 valence electrons. The number of aromatic nitrogens is 1. The third-order valence-corrected chi connectivity index (χ3v) is 4.56. The van der Waals surface area contributed by atoms with E-state index >= 15 is 0 Å². The smallest absolute Gasteiger partial charge is 0.259 e. The first-order valence-corrected chi connectivity index (χ1v) is 8.54. The van der Waals surface area contributed by atoms with Gasteiger partial charge in [-0.3, -0.25) is 9.78 Å². The van der Waals surface area contributed by atoms with Gasteiger partial charge in [-0.2, -0.15) is 0 Å². The maximum atomic E-state index is 13.7. The van der Waals surface area contributed by atoms with Gasteiger partial charge in [-0.1, -0.05) is 36.4 Å². The number of nitrogens with one attached hydrogen (secondary N) is 1. The Labute approximate surface area is 151 Å². The highest BCUT2D eigenvalue weighted by Gasteiger charge is 2.25. The Morgan fingerprint density at radius 3 is 2.81 bits per heavy atom. The van der Waals surface area contributed by atoms with E-state index in [0.29, 0.717) is 29.9 Å². The summed E-state index contributed by atoms with van der Waals surface area (Å²) in [6.07, 6.45) is 4.06. The molecular formula is C21H18FN3O. The molecule has 0 atom stereocenters. The summed E-state index contributed by atoms with van der Waals surface area (Å²) in [5.41, 5.74) is 3.91. The number of pyridine rings is 1. The first-order valence-electron chi connectivity index (χ1n) is 8.54. The fourth-order valence-corrected chi connectivity index (χ4v) is 3.20. The summed E-state index contributed by atoms with van der Waals surface area (Å²) in [7, 11) is 0. The SMILES string of the molecule is O=C(c1cncc(NCc2ccccc2F)c1)N1CCc2ccccc21. The number of carbonyl (C=O) groups excluding carboxylic acids is 1. The van der Waals surface area contributed by atoms with Crippen LogP contribution in [0.2, 0.25) is 0 Å². The van der Waals surface area contributed by atoms with Crippen LogP contribution in [-0.4, -0.2) is 17.4 Å². The Balaban J connectivity index is 1.51. The largest absolute Gasteiger partial charge is 0.380 e. The number of hydrogen-bond donors (Lipinski definition) is 1. The third-order valence-electron chi connectivity index (χ3n) is 4.56. The van der Waals surface area contributed by atoms with Crippen molar-refractivity contribution in [2.45, 2.75) is 13.0 Å². The molecule has 4 rings (SSSR count). The summed E-state index contributed by atoms with van der Waals surface area (Å²) in [6.45, 7) is 1.00. The van der Waals surface area contributed by atoms with E-state index in [1.54, 1.807) is 41.6 Å². The van der Waals surface area contributed by atoms with Gasteiger partial charge in [0, 0.05) is 36.7 Å². The van der Waals surface area contributed by atoms with E-state index in [9.17, 15) is 9.18 Å². The maximum absolute atomic E-state index is 13.7. The van der Waals surface area contributed by atoms with Gasteiger partial charge in [0.25, 0.3) is 5.91 Å². The van der Waals surface area contributed by atoms with Crippen molar-refractivity contribution in [1.29, 1.82) is 0 Å². The second-order valence-electron chi connectivity index (χ2n) is 6.24. The molecule has 1 aliphatic heterocycles. The van der Waals surface area contributed by atoms with Crippen LogP contribution in [-0.2, 0) is 13.0 Å². The highest BCUT2D eigenvalue weighted by atomic mass is 19.1. The molecule has 0 unspecified atom stereocenters. The molecule has 2 heterocycles. The second kappa shape index (κ2) is 6.96. The number of carbonyl (C=O) groups is 1. The van der Waals surface area contributed by atoms with E-state index in [1.165, 1.54) is 11.6 Å². The first-order chi connectivity index (χ1) is 12.7. The number of para-hydroxylation sites is 1. The van der Waals surface area contributed by atoms with Crippen LogP contribution in [0.5, 0.6) is 0 Å². The quantitative estimate of drug-likeness (QED) is 0.775. The number of benzene rings is 2. The summed E-state index contributed by atoms with van der Waals surface area (Å²) in [5.74, 6) is -0.328. The summed E-state index contributed by atoms with van der Waals surface area (Å²) in [6, 6.07) is 16.3.